The lowest BCUT2D eigenvalue weighted by atomic mass is 9.75. The van der Waals surface area contributed by atoms with Crippen LogP contribution in [0.3, 0.4) is 0 Å². The predicted octanol–water partition coefficient (Wildman–Crippen LogP) is 0.521. The van der Waals surface area contributed by atoms with E-state index in [0.29, 0.717) is 11.4 Å². The molecular weight excluding hydrogens is 127 g/mol. The second-order valence-corrected chi connectivity index (χ2v) is 2.66. The van der Waals surface area contributed by atoms with E-state index < -0.39 is 7.12 Å². The molecule has 0 saturated heterocycles. The van der Waals surface area contributed by atoms with Crippen LogP contribution in [0.25, 0.3) is 0 Å². The summed E-state index contributed by atoms with van der Waals surface area (Å²) in [5, 5.41) is 17.5. The number of hydrogen-bond donors (Lipinski definition) is 2. The highest BCUT2D eigenvalue weighted by Crippen LogP contribution is 2.15. The molecule has 2 nitrogen and oxygen atoms in total. The van der Waals surface area contributed by atoms with Crippen LogP contribution in [0.4, 0.5) is 0 Å². The topological polar surface area (TPSA) is 40.5 Å². The summed E-state index contributed by atoms with van der Waals surface area (Å²) in [6.07, 6.45) is 6.59. The molecule has 1 aliphatic rings. The molecule has 54 valence electrons. The Hall–Kier alpha value is -0.535. The molecule has 0 radical (unpaired) electrons. The van der Waals surface area contributed by atoms with E-state index in [2.05, 4.69) is 0 Å². The van der Waals surface area contributed by atoms with Gasteiger partial charge in [0.2, 0.25) is 0 Å². The lowest BCUT2D eigenvalue weighted by molar-refractivity contribution is 0.419. The molecule has 0 fully saturated rings. The van der Waals surface area contributed by atoms with Crippen LogP contribution in [0.2, 0.25) is 0 Å². The van der Waals surface area contributed by atoms with Crippen LogP contribution in [0.1, 0.15) is 13.3 Å². The number of rotatable bonds is 1. The van der Waals surface area contributed by atoms with E-state index in [9.17, 15) is 0 Å². The van der Waals surface area contributed by atoms with E-state index in [4.69, 9.17) is 10.0 Å². The Labute approximate surface area is 61.0 Å². The maximum atomic E-state index is 8.73. The van der Waals surface area contributed by atoms with Gasteiger partial charge in [-0.05, 0) is 17.8 Å². The average molecular weight is 138 g/mol. The van der Waals surface area contributed by atoms with Gasteiger partial charge in [-0.2, -0.15) is 0 Å². The van der Waals surface area contributed by atoms with Gasteiger partial charge in [0.1, 0.15) is 0 Å². The molecule has 0 aromatic carbocycles. The molecule has 0 aromatic heterocycles. The lowest BCUT2D eigenvalue weighted by Crippen LogP contribution is -2.16. The third-order valence-electron chi connectivity index (χ3n) is 1.59. The summed E-state index contributed by atoms with van der Waals surface area (Å²) < 4.78 is 0. The Morgan fingerprint density at radius 3 is 2.70 bits per heavy atom. The largest absolute Gasteiger partial charge is 0.488 e. The second kappa shape index (κ2) is 3.04. The van der Waals surface area contributed by atoms with Gasteiger partial charge in [0.25, 0.3) is 0 Å². The zero-order valence-electron chi connectivity index (χ0n) is 5.99. The van der Waals surface area contributed by atoms with Gasteiger partial charge in [-0.15, -0.1) is 0 Å². The molecule has 0 amide bonds. The molecular formula is C7H11BO2. The van der Waals surface area contributed by atoms with Crippen LogP contribution < -0.4 is 0 Å². The average Bonchev–Trinajstić information content (AvgIpc) is 1.88. The summed E-state index contributed by atoms with van der Waals surface area (Å²) in [6.45, 7) is 2.05. The van der Waals surface area contributed by atoms with Crippen LogP contribution in [0.15, 0.2) is 23.7 Å². The molecule has 0 spiro atoms. The van der Waals surface area contributed by atoms with Gasteiger partial charge in [-0.25, -0.2) is 0 Å². The minimum Gasteiger partial charge on any atom is -0.423 e. The zero-order chi connectivity index (χ0) is 7.56. The van der Waals surface area contributed by atoms with E-state index in [-0.39, 0.29) is 0 Å². The summed E-state index contributed by atoms with van der Waals surface area (Å²) in [4.78, 5) is 0. The van der Waals surface area contributed by atoms with Crippen LogP contribution in [-0.4, -0.2) is 17.2 Å². The maximum absolute atomic E-state index is 8.73. The molecule has 0 bridgehead atoms. The highest BCUT2D eigenvalue weighted by Gasteiger charge is 2.14. The molecule has 1 atom stereocenters. The minimum absolute atomic E-state index is 0.432. The molecule has 1 unspecified atom stereocenters. The zero-order valence-corrected chi connectivity index (χ0v) is 5.99. The first-order valence-corrected chi connectivity index (χ1v) is 3.44. The highest BCUT2D eigenvalue weighted by molar-refractivity contribution is 6.51. The third-order valence-corrected chi connectivity index (χ3v) is 1.59. The molecule has 0 heterocycles. The summed E-state index contributed by atoms with van der Waals surface area (Å²) >= 11 is 0. The number of hydrogen-bond acceptors (Lipinski definition) is 2. The molecule has 10 heavy (non-hydrogen) atoms. The molecule has 2 N–H and O–H groups in total. The van der Waals surface area contributed by atoms with Crippen LogP contribution in [0.5, 0.6) is 0 Å². The fraction of sp³-hybridized carbons (Fsp3) is 0.429. The highest BCUT2D eigenvalue weighted by atomic mass is 16.4. The van der Waals surface area contributed by atoms with Crippen LogP contribution in [-0.2, 0) is 0 Å². The summed E-state index contributed by atoms with van der Waals surface area (Å²) in [5.74, 6) is 0.432. The SMILES string of the molecule is CC1C=C(B(O)O)C=CC1. The molecule has 0 aromatic rings. The van der Waals surface area contributed by atoms with E-state index in [1.807, 2.05) is 19.1 Å². The fourth-order valence-electron chi connectivity index (χ4n) is 1.04. The van der Waals surface area contributed by atoms with Crippen molar-refractivity contribution in [2.75, 3.05) is 0 Å². The maximum Gasteiger partial charge on any atom is 0.488 e. The van der Waals surface area contributed by atoms with E-state index in [1.54, 1.807) is 6.08 Å². The Balaban J connectivity index is 2.66. The lowest BCUT2D eigenvalue weighted by Gasteiger charge is -2.10. The minimum atomic E-state index is -1.31. The van der Waals surface area contributed by atoms with Gasteiger partial charge < -0.3 is 10.0 Å². The van der Waals surface area contributed by atoms with E-state index in [0.717, 1.165) is 6.42 Å². The quantitative estimate of drug-likeness (QED) is 0.518. The smallest absolute Gasteiger partial charge is 0.423 e. The van der Waals surface area contributed by atoms with Crippen LogP contribution >= 0.6 is 0 Å². The Morgan fingerprint density at radius 2 is 2.30 bits per heavy atom. The molecule has 0 saturated carbocycles. The molecule has 1 aliphatic carbocycles. The normalized spacial score (nSPS) is 24.3. The summed E-state index contributed by atoms with van der Waals surface area (Å²) in [6, 6.07) is 0. The molecule has 0 aliphatic heterocycles. The van der Waals surface area contributed by atoms with Gasteiger partial charge in [0.05, 0.1) is 0 Å². The second-order valence-electron chi connectivity index (χ2n) is 2.66. The Bertz CT molecular complexity index is 172. The standard InChI is InChI=1S/C7H11BO2/c1-6-3-2-4-7(5-6)8(9)10/h2,4-6,9-10H,3H2,1H3. The first-order valence-electron chi connectivity index (χ1n) is 3.44. The summed E-state index contributed by atoms with van der Waals surface area (Å²) in [5.41, 5.74) is 0.610. The first-order chi connectivity index (χ1) is 4.70. The van der Waals surface area contributed by atoms with Crippen molar-refractivity contribution in [3.8, 4) is 0 Å². The van der Waals surface area contributed by atoms with Crippen molar-refractivity contribution in [3.63, 3.8) is 0 Å². The van der Waals surface area contributed by atoms with Gasteiger partial charge >= 0.3 is 7.12 Å². The van der Waals surface area contributed by atoms with Gasteiger partial charge in [-0.3, -0.25) is 0 Å². The predicted molar refractivity (Wildman–Crippen MR) is 41.2 cm³/mol. The van der Waals surface area contributed by atoms with Crippen molar-refractivity contribution in [3.05, 3.63) is 23.7 Å². The van der Waals surface area contributed by atoms with Crippen molar-refractivity contribution < 1.29 is 10.0 Å². The fourth-order valence-corrected chi connectivity index (χ4v) is 1.04. The van der Waals surface area contributed by atoms with Gasteiger partial charge in [0.15, 0.2) is 0 Å². The van der Waals surface area contributed by atoms with Crippen molar-refractivity contribution >= 4 is 7.12 Å². The summed E-state index contributed by atoms with van der Waals surface area (Å²) in [7, 11) is -1.31. The Kier molecular flexibility index (Phi) is 2.30. The van der Waals surface area contributed by atoms with Crippen LogP contribution in [0, 0.1) is 5.92 Å². The first kappa shape index (κ1) is 7.57. The third kappa shape index (κ3) is 1.72. The van der Waals surface area contributed by atoms with Crippen molar-refractivity contribution in [2.24, 2.45) is 5.92 Å². The molecule has 1 rings (SSSR count). The van der Waals surface area contributed by atoms with Crippen molar-refractivity contribution in [2.45, 2.75) is 13.3 Å². The van der Waals surface area contributed by atoms with Gasteiger partial charge in [0, 0.05) is 0 Å². The van der Waals surface area contributed by atoms with Crippen molar-refractivity contribution in [1.29, 1.82) is 0 Å². The number of allylic oxidation sites excluding steroid dienone is 4. The van der Waals surface area contributed by atoms with Gasteiger partial charge in [-0.1, -0.05) is 25.2 Å². The van der Waals surface area contributed by atoms with Crippen molar-refractivity contribution in [1.82, 2.24) is 0 Å². The van der Waals surface area contributed by atoms with E-state index in [1.165, 1.54) is 0 Å². The monoisotopic (exact) mass is 138 g/mol. The van der Waals surface area contributed by atoms with E-state index >= 15 is 0 Å². The Morgan fingerprint density at radius 1 is 1.60 bits per heavy atom. The molecule has 3 heteroatoms.